The van der Waals surface area contributed by atoms with E-state index >= 15 is 0 Å². The molecule has 2 unspecified atom stereocenters. The molecule has 2 amide bonds. The zero-order valence-corrected chi connectivity index (χ0v) is 10.8. The molecule has 2 atom stereocenters. The van der Waals surface area contributed by atoms with Crippen molar-refractivity contribution >= 4 is 11.8 Å². The number of rotatable bonds is 2. The second-order valence-electron chi connectivity index (χ2n) is 5.54. The smallest absolute Gasteiger partial charge is 0.245 e. The average Bonchev–Trinajstić information content (AvgIpc) is 2.18. The van der Waals surface area contributed by atoms with Crippen molar-refractivity contribution in [2.45, 2.75) is 53.1 Å². The highest BCUT2D eigenvalue weighted by atomic mass is 16.2. The van der Waals surface area contributed by atoms with Crippen LogP contribution in [0.1, 0.15) is 41.0 Å². The number of carbonyl (C=O) groups excluding carboxylic acids is 2. The molecule has 0 radical (unpaired) electrons. The summed E-state index contributed by atoms with van der Waals surface area (Å²) in [6, 6.07) is -0.272. The van der Waals surface area contributed by atoms with Crippen LogP contribution in [0.4, 0.5) is 0 Å². The van der Waals surface area contributed by atoms with Gasteiger partial charge < -0.3 is 10.2 Å². The maximum atomic E-state index is 12.1. The largest absolute Gasteiger partial charge is 0.343 e. The Morgan fingerprint density at radius 3 is 2.44 bits per heavy atom. The van der Waals surface area contributed by atoms with E-state index < -0.39 is 0 Å². The average molecular weight is 226 g/mol. The predicted octanol–water partition coefficient (Wildman–Crippen LogP) is 1.16. The van der Waals surface area contributed by atoms with Crippen LogP contribution in [0.15, 0.2) is 0 Å². The molecule has 1 heterocycles. The Kier molecular flexibility index (Phi) is 3.61. The molecule has 0 aromatic rings. The van der Waals surface area contributed by atoms with Gasteiger partial charge >= 0.3 is 0 Å². The van der Waals surface area contributed by atoms with Gasteiger partial charge in [-0.05, 0) is 18.8 Å². The minimum absolute atomic E-state index is 0.00836. The first kappa shape index (κ1) is 13.0. The Morgan fingerprint density at radius 2 is 2.00 bits per heavy atom. The summed E-state index contributed by atoms with van der Waals surface area (Å²) in [5.74, 6) is -0.00734. The third-order valence-electron chi connectivity index (χ3n) is 3.36. The van der Waals surface area contributed by atoms with Gasteiger partial charge in [-0.3, -0.25) is 9.59 Å². The summed E-state index contributed by atoms with van der Waals surface area (Å²) >= 11 is 0. The van der Waals surface area contributed by atoms with Gasteiger partial charge in [0.1, 0.15) is 6.04 Å². The van der Waals surface area contributed by atoms with Crippen LogP contribution in [0.5, 0.6) is 0 Å². The molecule has 1 fully saturated rings. The van der Waals surface area contributed by atoms with E-state index in [0.29, 0.717) is 6.42 Å². The molecule has 0 aromatic heterocycles. The molecule has 0 aliphatic carbocycles. The molecule has 0 spiro atoms. The minimum atomic E-state index is -0.342. The van der Waals surface area contributed by atoms with Crippen molar-refractivity contribution in [3.8, 4) is 0 Å². The van der Waals surface area contributed by atoms with Crippen LogP contribution in [0.25, 0.3) is 0 Å². The Hall–Kier alpha value is -1.06. The maximum absolute atomic E-state index is 12.1. The van der Waals surface area contributed by atoms with Gasteiger partial charge in [0.15, 0.2) is 0 Å². The fourth-order valence-corrected chi connectivity index (χ4v) is 1.81. The molecule has 1 saturated heterocycles. The summed E-state index contributed by atoms with van der Waals surface area (Å²) in [6.45, 7) is 10.3. The van der Waals surface area contributed by atoms with Gasteiger partial charge in [0.2, 0.25) is 11.8 Å². The first-order chi connectivity index (χ1) is 7.27. The molecule has 1 N–H and O–H groups in total. The van der Waals surface area contributed by atoms with Crippen molar-refractivity contribution < 1.29 is 9.59 Å². The van der Waals surface area contributed by atoms with Crippen molar-refractivity contribution in [3.05, 3.63) is 0 Å². The van der Waals surface area contributed by atoms with Gasteiger partial charge in [-0.15, -0.1) is 0 Å². The van der Waals surface area contributed by atoms with Crippen molar-refractivity contribution in [1.82, 2.24) is 10.2 Å². The molecule has 16 heavy (non-hydrogen) atoms. The van der Waals surface area contributed by atoms with Crippen molar-refractivity contribution in [2.75, 3.05) is 6.54 Å². The standard InChI is InChI=1S/C12H22N2O2/c1-6-9-11(16)14(7-10(15)13-9)8(2)12(3,4)5/h8-9H,6-7H2,1-5H3,(H,13,15). The molecule has 4 heteroatoms. The SMILES string of the molecule is CCC1NC(=O)CN(C(C)C(C)(C)C)C1=O. The van der Waals surface area contributed by atoms with Crippen LogP contribution in [0.3, 0.4) is 0 Å². The number of amides is 2. The lowest BCUT2D eigenvalue weighted by molar-refractivity contribution is -0.148. The number of carbonyl (C=O) groups is 2. The molecule has 1 aliphatic heterocycles. The fraction of sp³-hybridized carbons (Fsp3) is 0.833. The number of piperazine rings is 1. The summed E-state index contributed by atoms with van der Waals surface area (Å²) in [6.07, 6.45) is 0.651. The summed E-state index contributed by atoms with van der Waals surface area (Å²) in [5.41, 5.74) is -0.00836. The van der Waals surface area contributed by atoms with Gasteiger partial charge in [-0.25, -0.2) is 0 Å². The molecular formula is C12H22N2O2. The third kappa shape index (κ3) is 2.54. The highest BCUT2D eigenvalue weighted by Gasteiger charge is 2.37. The van der Waals surface area contributed by atoms with Crippen LogP contribution < -0.4 is 5.32 Å². The molecule has 4 nitrogen and oxygen atoms in total. The van der Waals surface area contributed by atoms with Gasteiger partial charge in [0.25, 0.3) is 0 Å². The maximum Gasteiger partial charge on any atom is 0.245 e. The van der Waals surface area contributed by atoms with E-state index in [1.165, 1.54) is 0 Å². The topological polar surface area (TPSA) is 49.4 Å². The predicted molar refractivity (Wildman–Crippen MR) is 62.9 cm³/mol. The molecule has 0 bridgehead atoms. The molecule has 0 aromatic carbocycles. The molecule has 1 aliphatic rings. The van der Waals surface area contributed by atoms with E-state index in [-0.39, 0.29) is 35.9 Å². The lowest BCUT2D eigenvalue weighted by Crippen LogP contribution is -2.61. The monoisotopic (exact) mass is 226 g/mol. The highest BCUT2D eigenvalue weighted by Crippen LogP contribution is 2.25. The van der Waals surface area contributed by atoms with Crippen LogP contribution in [-0.4, -0.2) is 35.3 Å². The third-order valence-corrected chi connectivity index (χ3v) is 3.36. The van der Waals surface area contributed by atoms with Crippen LogP contribution in [-0.2, 0) is 9.59 Å². The lowest BCUT2D eigenvalue weighted by Gasteiger charge is -2.41. The summed E-state index contributed by atoms with van der Waals surface area (Å²) in [5, 5.41) is 2.72. The molecule has 0 saturated carbocycles. The van der Waals surface area contributed by atoms with Crippen molar-refractivity contribution in [3.63, 3.8) is 0 Å². The summed E-state index contributed by atoms with van der Waals surface area (Å²) in [7, 11) is 0. The van der Waals surface area contributed by atoms with Gasteiger partial charge in [0.05, 0.1) is 6.54 Å². The Labute approximate surface area is 97.4 Å². The number of hydrogen-bond donors (Lipinski definition) is 1. The normalized spacial score (nSPS) is 24.3. The van der Waals surface area contributed by atoms with Crippen molar-refractivity contribution in [1.29, 1.82) is 0 Å². The Morgan fingerprint density at radius 1 is 1.44 bits per heavy atom. The van der Waals surface area contributed by atoms with Gasteiger partial charge in [-0.2, -0.15) is 0 Å². The van der Waals surface area contributed by atoms with E-state index in [0.717, 1.165) is 0 Å². The number of nitrogens with zero attached hydrogens (tertiary/aromatic N) is 1. The van der Waals surface area contributed by atoms with Gasteiger partial charge in [0, 0.05) is 6.04 Å². The first-order valence-electron chi connectivity index (χ1n) is 5.87. The second-order valence-corrected chi connectivity index (χ2v) is 5.54. The number of hydrogen-bond acceptors (Lipinski definition) is 2. The van der Waals surface area contributed by atoms with Crippen LogP contribution in [0.2, 0.25) is 0 Å². The summed E-state index contributed by atoms with van der Waals surface area (Å²) < 4.78 is 0. The van der Waals surface area contributed by atoms with Gasteiger partial charge in [-0.1, -0.05) is 27.7 Å². The van der Waals surface area contributed by atoms with Crippen LogP contribution in [0, 0.1) is 5.41 Å². The van der Waals surface area contributed by atoms with Crippen LogP contribution >= 0.6 is 0 Å². The zero-order valence-electron chi connectivity index (χ0n) is 10.8. The first-order valence-corrected chi connectivity index (χ1v) is 5.87. The number of nitrogens with one attached hydrogen (secondary N) is 1. The molecule has 92 valence electrons. The minimum Gasteiger partial charge on any atom is -0.343 e. The van der Waals surface area contributed by atoms with Crippen molar-refractivity contribution in [2.24, 2.45) is 5.41 Å². The fourth-order valence-electron chi connectivity index (χ4n) is 1.81. The van der Waals surface area contributed by atoms with E-state index in [4.69, 9.17) is 0 Å². The van der Waals surface area contributed by atoms with E-state index in [1.54, 1.807) is 4.90 Å². The second kappa shape index (κ2) is 4.44. The Balaban J connectivity index is 2.86. The van der Waals surface area contributed by atoms with E-state index in [2.05, 4.69) is 26.1 Å². The van der Waals surface area contributed by atoms with E-state index in [1.807, 2.05) is 13.8 Å². The summed E-state index contributed by atoms with van der Waals surface area (Å²) in [4.78, 5) is 25.3. The lowest BCUT2D eigenvalue weighted by atomic mass is 9.86. The molecular weight excluding hydrogens is 204 g/mol. The quantitative estimate of drug-likeness (QED) is 0.768. The molecule has 1 rings (SSSR count). The zero-order chi connectivity index (χ0) is 12.5. The van der Waals surface area contributed by atoms with E-state index in [9.17, 15) is 9.59 Å². The Bertz CT molecular complexity index is 294. The highest BCUT2D eigenvalue weighted by molar-refractivity contribution is 5.95.